The molecule has 94 valence electrons. The van der Waals surface area contributed by atoms with Crippen molar-refractivity contribution in [2.75, 3.05) is 6.16 Å². The molecule has 0 aliphatic rings. The van der Waals surface area contributed by atoms with Crippen LogP contribution in [0.4, 0.5) is 8.78 Å². The molecule has 1 aromatic carbocycles. The third-order valence-corrected chi connectivity index (χ3v) is 3.32. The Morgan fingerprint density at radius 3 is 2.18 bits per heavy atom. The molecule has 0 spiro atoms. The maximum absolute atomic E-state index is 13.5. The molecule has 0 saturated carbocycles. The monoisotopic (exact) mass is 376 g/mol. The third kappa shape index (κ3) is 4.09. The molecule has 0 heterocycles. The van der Waals surface area contributed by atoms with Gasteiger partial charge in [-0.05, 0) is 34.7 Å². The van der Waals surface area contributed by atoms with Crippen LogP contribution in [0.2, 0.25) is 0 Å². The summed E-state index contributed by atoms with van der Waals surface area (Å²) in [7, 11) is -4.78. The van der Waals surface area contributed by atoms with Crippen molar-refractivity contribution in [2.24, 2.45) is 0 Å². The summed E-state index contributed by atoms with van der Waals surface area (Å²) >= 11 is 1.91. The lowest BCUT2D eigenvalue weighted by Crippen LogP contribution is -2.28. The lowest BCUT2D eigenvalue weighted by atomic mass is 10.1. The summed E-state index contributed by atoms with van der Waals surface area (Å²) in [6.07, 6.45) is -1.47. The van der Waals surface area contributed by atoms with E-state index in [1.165, 1.54) is 12.1 Å². The Bertz CT molecular complexity index is 468. The molecule has 1 rings (SSSR count). The highest BCUT2D eigenvalue weighted by Gasteiger charge is 2.43. The number of Topliss-reactive ketones (excluding diaryl/α,β-unsaturated/α-hetero) is 1. The maximum atomic E-state index is 13.5. The van der Waals surface area contributed by atoms with Crippen LogP contribution in [0.15, 0.2) is 24.3 Å². The van der Waals surface area contributed by atoms with Crippen LogP contribution in [0.1, 0.15) is 5.56 Å². The largest absolute Gasteiger partial charge is 0.333 e. The first kappa shape index (κ1) is 14.7. The quantitative estimate of drug-likeness (QED) is 0.624. The number of carbonyl (C=O) groups excluding carboxylic acids is 1. The normalized spacial score (nSPS) is 12.5. The van der Waals surface area contributed by atoms with Gasteiger partial charge in [0.2, 0.25) is 5.78 Å². The van der Waals surface area contributed by atoms with Crippen LogP contribution in [-0.4, -0.2) is 21.7 Å². The fraction of sp³-hybridized carbons (Fsp3) is 0.222. The van der Waals surface area contributed by atoms with Crippen LogP contribution in [0.3, 0.4) is 0 Å². The summed E-state index contributed by atoms with van der Waals surface area (Å²) in [5.41, 5.74) is -0.573. The molecule has 0 fully saturated rings. The number of hydrogen-bond donors (Lipinski definition) is 2. The van der Waals surface area contributed by atoms with Crippen LogP contribution in [-0.2, 0) is 15.3 Å². The highest BCUT2D eigenvalue weighted by molar-refractivity contribution is 14.1. The first-order chi connectivity index (χ1) is 7.63. The molecular weight excluding hydrogens is 368 g/mol. The number of carbonyl (C=O) groups is 1. The van der Waals surface area contributed by atoms with Crippen molar-refractivity contribution in [3.8, 4) is 0 Å². The molecule has 0 saturated heterocycles. The van der Waals surface area contributed by atoms with Crippen LogP contribution in [0.25, 0.3) is 0 Å². The average molecular weight is 376 g/mol. The molecule has 0 atom stereocenters. The van der Waals surface area contributed by atoms with Crippen molar-refractivity contribution in [3.63, 3.8) is 0 Å². The molecule has 8 heteroatoms. The summed E-state index contributed by atoms with van der Waals surface area (Å²) in [6.45, 7) is 0. The molecule has 0 radical (unpaired) electrons. The first-order valence-electron chi connectivity index (χ1n) is 4.34. The Kier molecular flexibility index (Phi) is 4.40. The molecule has 1 aromatic rings. The van der Waals surface area contributed by atoms with Gasteiger partial charge in [0.1, 0.15) is 6.16 Å². The van der Waals surface area contributed by atoms with E-state index in [0.717, 1.165) is 12.1 Å². The Morgan fingerprint density at radius 1 is 1.29 bits per heavy atom. The Balaban J connectivity index is 2.98. The van der Waals surface area contributed by atoms with Crippen molar-refractivity contribution in [2.45, 2.75) is 5.92 Å². The van der Waals surface area contributed by atoms with Crippen LogP contribution < -0.4 is 0 Å². The van der Waals surface area contributed by atoms with Gasteiger partial charge < -0.3 is 9.79 Å². The fourth-order valence-electron chi connectivity index (χ4n) is 1.11. The summed E-state index contributed by atoms with van der Waals surface area (Å²) in [5, 5.41) is 0. The van der Waals surface area contributed by atoms with Gasteiger partial charge in [0.25, 0.3) is 0 Å². The predicted octanol–water partition coefficient (Wildman–Crippen LogP) is 2.13. The lowest BCUT2D eigenvalue weighted by Gasteiger charge is -2.15. The van der Waals surface area contributed by atoms with Gasteiger partial charge in [0.05, 0.1) is 0 Å². The van der Waals surface area contributed by atoms with Crippen molar-refractivity contribution in [3.05, 3.63) is 33.4 Å². The molecule has 0 bridgehead atoms. The second kappa shape index (κ2) is 5.09. The number of halogens is 3. The fourth-order valence-corrected chi connectivity index (χ4v) is 2.04. The van der Waals surface area contributed by atoms with Crippen molar-refractivity contribution in [1.29, 1.82) is 0 Å². The third-order valence-electron chi connectivity index (χ3n) is 1.91. The zero-order chi connectivity index (χ0) is 13.3. The average Bonchev–Trinajstić information content (AvgIpc) is 2.15. The molecule has 2 N–H and O–H groups in total. The molecule has 17 heavy (non-hydrogen) atoms. The Labute approximate surface area is 109 Å². The standard InChI is InChI=1S/C9H8F2IO4P/c10-9(11,8(13)5-17(14,15)16)6-1-3-7(12)4-2-6/h1-4H,5H2,(H2,14,15,16). The Hall–Kier alpha value is -0.370. The topological polar surface area (TPSA) is 74.6 Å². The van der Waals surface area contributed by atoms with Crippen molar-refractivity contribution < 1.29 is 27.9 Å². The smallest absolute Gasteiger partial charge is 0.324 e. The first-order valence-corrected chi connectivity index (χ1v) is 7.22. The molecule has 0 amide bonds. The SMILES string of the molecule is O=C(CP(=O)(O)O)C(F)(F)c1ccc(I)cc1. The lowest BCUT2D eigenvalue weighted by molar-refractivity contribution is -0.141. The van der Waals surface area contributed by atoms with Gasteiger partial charge in [-0.2, -0.15) is 8.78 Å². The highest BCUT2D eigenvalue weighted by Crippen LogP contribution is 2.39. The molecular formula is C9H8F2IO4P. The maximum Gasteiger partial charge on any atom is 0.333 e. The number of alkyl halides is 2. The minimum absolute atomic E-state index is 0.573. The summed E-state index contributed by atoms with van der Waals surface area (Å²) in [6, 6.07) is 4.88. The van der Waals surface area contributed by atoms with E-state index in [0.29, 0.717) is 3.57 Å². The van der Waals surface area contributed by atoms with E-state index in [-0.39, 0.29) is 0 Å². The van der Waals surface area contributed by atoms with Gasteiger partial charge in [-0.1, -0.05) is 12.1 Å². The van der Waals surface area contributed by atoms with E-state index < -0.39 is 31.0 Å². The molecule has 0 aromatic heterocycles. The predicted molar refractivity (Wildman–Crippen MR) is 65.0 cm³/mol. The molecule has 0 unspecified atom stereocenters. The number of ketones is 1. The second-order valence-corrected chi connectivity index (χ2v) is 6.22. The van der Waals surface area contributed by atoms with Gasteiger partial charge in [-0.25, -0.2) is 0 Å². The highest BCUT2D eigenvalue weighted by atomic mass is 127. The van der Waals surface area contributed by atoms with Crippen LogP contribution in [0, 0.1) is 3.57 Å². The molecule has 4 nitrogen and oxygen atoms in total. The summed E-state index contributed by atoms with van der Waals surface area (Å²) < 4.78 is 38.3. The van der Waals surface area contributed by atoms with E-state index in [1.54, 1.807) is 0 Å². The van der Waals surface area contributed by atoms with E-state index in [1.807, 2.05) is 22.6 Å². The number of benzene rings is 1. The zero-order valence-corrected chi connectivity index (χ0v) is 11.4. The van der Waals surface area contributed by atoms with Crippen molar-refractivity contribution in [1.82, 2.24) is 0 Å². The van der Waals surface area contributed by atoms with Gasteiger partial charge in [0, 0.05) is 9.13 Å². The number of hydrogen-bond acceptors (Lipinski definition) is 2. The minimum Gasteiger partial charge on any atom is -0.324 e. The second-order valence-electron chi connectivity index (χ2n) is 3.33. The van der Waals surface area contributed by atoms with Gasteiger partial charge in [-0.15, -0.1) is 0 Å². The van der Waals surface area contributed by atoms with E-state index in [2.05, 4.69) is 0 Å². The molecule has 0 aliphatic heterocycles. The van der Waals surface area contributed by atoms with Crippen LogP contribution in [0.5, 0.6) is 0 Å². The van der Waals surface area contributed by atoms with E-state index >= 15 is 0 Å². The zero-order valence-electron chi connectivity index (χ0n) is 8.31. The summed E-state index contributed by atoms with van der Waals surface area (Å²) in [5.74, 6) is -5.67. The number of rotatable bonds is 4. The van der Waals surface area contributed by atoms with Gasteiger partial charge in [-0.3, -0.25) is 9.36 Å². The van der Waals surface area contributed by atoms with Crippen LogP contribution >= 0.6 is 30.2 Å². The summed E-state index contributed by atoms with van der Waals surface area (Å²) in [4.78, 5) is 28.1. The van der Waals surface area contributed by atoms with E-state index in [9.17, 15) is 18.1 Å². The minimum atomic E-state index is -4.78. The van der Waals surface area contributed by atoms with E-state index in [4.69, 9.17) is 9.79 Å². The van der Waals surface area contributed by atoms with Gasteiger partial charge in [0.15, 0.2) is 0 Å². The molecule has 0 aliphatic carbocycles. The van der Waals surface area contributed by atoms with Gasteiger partial charge >= 0.3 is 13.5 Å². The van der Waals surface area contributed by atoms with Crippen molar-refractivity contribution >= 4 is 36.0 Å². The Morgan fingerprint density at radius 2 is 1.76 bits per heavy atom.